The Hall–Kier alpha value is -0.710. The van der Waals surface area contributed by atoms with Crippen LogP contribution in [-0.4, -0.2) is 47.0 Å². The molecule has 1 N–H and O–H groups in total. The smallest absolute Gasteiger partial charge is 0.311 e. The molecule has 0 spiro atoms. The molecule has 1 aliphatic heterocycles. The zero-order valence-electron chi connectivity index (χ0n) is 8.45. The fourth-order valence-corrected chi connectivity index (χ4v) is 1.99. The van der Waals surface area contributed by atoms with E-state index in [0.717, 1.165) is 0 Å². The first kappa shape index (κ1) is 11.4. The lowest BCUT2D eigenvalue weighted by Gasteiger charge is -2.19. The van der Waals surface area contributed by atoms with Crippen molar-refractivity contribution in [1.29, 1.82) is 0 Å². The molecule has 0 aromatic rings. The maximum absolute atomic E-state index is 11.5. The van der Waals surface area contributed by atoms with Gasteiger partial charge < -0.3 is 10.0 Å². The van der Waals surface area contributed by atoms with E-state index >= 15 is 0 Å². The predicted molar refractivity (Wildman–Crippen MR) is 55.3 cm³/mol. The summed E-state index contributed by atoms with van der Waals surface area (Å²) in [6, 6.07) is 0. The number of nitrogens with zero attached hydrogens (tertiary/aromatic N) is 1. The van der Waals surface area contributed by atoms with Gasteiger partial charge in [0.15, 0.2) is 0 Å². The maximum atomic E-state index is 11.5. The zero-order chi connectivity index (χ0) is 10.8. The van der Waals surface area contributed by atoms with Gasteiger partial charge in [-0.3, -0.25) is 9.59 Å². The molecule has 5 heteroatoms. The molecule has 0 aliphatic carbocycles. The highest BCUT2D eigenvalue weighted by molar-refractivity contribution is 7.99. The Morgan fingerprint density at radius 3 is 2.64 bits per heavy atom. The van der Waals surface area contributed by atoms with Gasteiger partial charge in [0.2, 0.25) is 5.91 Å². The van der Waals surface area contributed by atoms with Crippen LogP contribution in [-0.2, 0) is 9.59 Å². The van der Waals surface area contributed by atoms with Crippen molar-refractivity contribution >= 4 is 23.6 Å². The van der Waals surface area contributed by atoms with Crippen LogP contribution in [0.25, 0.3) is 0 Å². The number of carboxylic acids is 1. The number of hydrogen-bond donors (Lipinski definition) is 1. The number of rotatable bonds is 3. The number of carboxylic acid groups (broad SMARTS) is 1. The van der Waals surface area contributed by atoms with E-state index in [1.807, 2.05) is 6.26 Å². The van der Waals surface area contributed by atoms with Gasteiger partial charge in [-0.15, -0.1) is 0 Å². The molecule has 1 fully saturated rings. The van der Waals surface area contributed by atoms with E-state index < -0.39 is 11.4 Å². The van der Waals surface area contributed by atoms with Crippen molar-refractivity contribution in [1.82, 2.24) is 4.90 Å². The summed E-state index contributed by atoms with van der Waals surface area (Å²) in [5, 5.41) is 8.96. The van der Waals surface area contributed by atoms with Gasteiger partial charge in [-0.05, 0) is 19.6 Å². The fraction of sp³-hybridized carbons (Fsp3) is 0.778. The van der Waals surface area contributed by atoms with E-state index in [2.05, 4.69) is 0 Å². The second-order valence-electron chi connectivity index (χ2n) is 3.86. The average molecular weight is 217 g/mol. The number of likely N-dealkylation sites (tertiary alicyclic amines) is 1. The molecule has 0 aromatic carbocycles. The molecule has 1 saturated heterocycles. The van der Waals surface area contributed by atoms with E-state index in [-0.39, 0.29) is 5.91 Å². The summed E-state index contributed by atoms with van der Waals surface area (Å²) in [7, 11) is 0. The number of aliphatic carboxylic acids is 1. The van der Waals surface area contributed by atoms with Gasteiger partial charge in [0.25, 0.3) is 0 Å². The second-order valence-corrected chi connectivity index (χ2v) is 4.73. The molecule has 0 radical (unpaired) electrons. The zero-order valence-corrected chi connectivity index (χ0v) is 9.26. The Morgan fingerprint density at radius 2 is 2.21 bits per heavy atom. The molecule has 1 aliphatic rings. The third kappa shape index (κ3) is 2.20. The van der Waals surface area contributed by atoms with E-state index in [0.29, 0.717) is 25.3 Å². The van der Waals surface area contributed by atoms with Crippen molar-refractivity contribution < 1.29 is 14.7 Å². The molecule has 0 bridgehead atoms. The Labute approximate surface area is 87.7 Å². The van der Waals surface area contributed by atoms with Gasteiger partial charge in [0.05, 0.1) is 11.2 Å². The van der Waals surface area contributed by atoms with Gasteiger partial charge in [-0.25, -0.2) is 0 Å². The molecule has 1 amide bonds. The molecule has 0 aromatic heterocycles. The Bertz CT molecular complexity index is 256. The summed E-state index contributed by atoms with van der Waals surface area (Å²) in [6.45, 7) is 2.62. The van der Waals surface area contributed by atoms with Crippen LogP contribution >= 0.6 is 11.8 Å². The summed E-state index contributed by atoms with van der Waals surface area (Å²) in [4.78, 5) is 24.0. The van der Waals surface area contributed by atoms with Gasteiger partial charge in [-0.2, -0.15) is 11.8 Å². The largest absolute Gasteiger partial charge is 0.481 e. The summed E-state index contributed by atoms with van der Waals surface area (Å²) < 4.78 is 0. The summed E-state index contributed by atoms with van der Waals surface area (Å²) in [5.41, 5.74) is -0.742. The third-order valence-electron chi connectivity index (χ3n) is 2.61. The Balaban J connectivity index is 2.56. The van der Waals surface area contributed by atoms with Crippen LogP contribution in [0.1, 0.15) is 13.3 Å². The van der Waals surface area contributed by atoms with E-state index in [1.54, 1.807) is 11.8 Å². The molecule has 1 rings (SSSR count). The number of carbonyl (C=O) groups is 2. The first-order valence-corrected chi connectivity index (χ1v) is 5.89. The van der Waals surface area contributed by atoms with Crippen LogP contribution < -0.4 is 0 Å². The van der Waals surface area contributed by atoms with Crippen LogP contribution in [0.5, 0.6) is 0 Å². The van der Waals surface area contributed by atoms with E-state index in [1.165, 1.54) is 11.8 Å². The molecule has 80 valence electrons. The van der Waals surface area contributed by atoms with Crippen LogP contribution in [0.15, 0.2) is 0 Å². The lowest BCUT2D eigenvalue weighted by Crippen LogP contribution is -2.35. The van der Waals surface area contributed by atoms with Crippen LogP contribution in [0.4, 0.5) is 0 Å². The second kappa shape index (κ2) is 4.21. The molecule has 0 saturated carbocycles. The highest BCUT2D eigenvalue weighted by atomic mass is 32.2. The van der Waals surface area contributed by atoms with Crippen molar-refractivity contribution in [3.63, 3.8) is 0 Å². The van der Waals surface area contributed by atoms with Crippen LogP contribution in [0.3, 0.4) is 0 Å². The molecule has 1 atom stereocenters. The van der Waals surface area contributed by atoms with Crippen LogP contribution in [0, 0.1) is 5.41 Å². The topological polar surface area (TPSA) is 57.6 Å². The molecular weight excluding hydrogens is 202 g/mol. The summed E-state index contributed by atoms with van der Waals surface area (Å²) in [6.07, 6.45) is 2.42. The first-order valence-electron chi connectivity index (χ1n) is 4.50. The lowest BCUT2D eigenvalue weighted by molar-refractivity contribution is -0.147. The summed E-state index contributed by atoms with van der Waals surface area (Å²) in [5.74, 6) is -0.324. The fourth-order valence-electron chi connectivity index (χ4n) is 1.56. The van der Waals surface area contributed by atoms with Gasteiger partial charge in [-0.1, -0.05) is 0 Å². The van der Waals surface area contributed by atoms with E-state index in [9.17, 15) is 9.59 Å². The first-order chi connectivity index (χ1) is 6.49. The minimum atomic E-state index is -0.808. The number of thioether (sulfide) groups is 1. The number of carbonyl (C=O) groups excluding carboxylic acids is 1. The quantitative estimate of drug-likeness (QED) is 0.755. The minimum Gasteiger partial charge on any atom is -0.481 e. The van der Waals surface area contributed by atoms with E-state index in [4.69, 9.17) is 5.11 Å². The van der Waals surface area contributed by atoms with Crippen molar-refractivity contribution in [2.75, 3.05) is 25.1 Å². The van der Waals surface area contributed by atoms with Gasteiger partial charge in [0.1, 0.15) is 0 Å². The Morgan fingerprint density at radius 1 is 1.57 bits per heavy atom. The molecule has 1 unspecified atom stereocenters. The van der Waals surface area contributed by atoms with Gasteiger partial charge in [0, 0.05) is 13.1 Å². The lowest BCUT2D eigenvalue weighted by atomic mass is 9.90. The van der Waals surface area contributed by atoms with Crippen LogP contribution in [0.2, 0.25) is 0 Å². The van der Waals surface area contributed by atoms with Crippen molar-refractivity contribution in [3.8, 4) is 0 Å². The van der Waals surface area contributed by atoms with Gasteiger partial charge >= 0.3 is 5.97 Å². The highest BCUT2D eigenvalue weighted by Gasteiger charge is 2.41. The maximum Gasteiger partial charge on any atom is 0.311 e. The van der Waals surface area contributed by atoms with Crippen molar-refractivity contribution in [2.24, 2.45) is 5.41 Å². The third-order valence-corrected chi connectivity index (χ3v) is 3.15. The predicted octanol–water partition coefficient (Wildman–Crippen LogP) is 0.673. The molecular formula is C9H15NO3S. The standard InChI is InChI=1S/C9H15NO3S/c1-9(8(12)13)3-4-10(6-9)7(11)5-14-2/h3-6H2,1-2H3,(H,12,13). The van der Waals surface area contributed by atoms with Crippen molar-refractivity contribution in [2.45, 2.75) is 13.3 Å². The minimum absolute atomic E-state index is 0.0440. The Kier molecular flexibility index (Phi) is 3.42. The normalized spacial score (nSPS) is 26.6. The monoisotopic (exact) mass is 217 g/mol. The summed E-state index contributed by atoms with van der Waals surface area (Å²) >= 11 is 1.47. The SMILES string of the molecule is CSCC(=O)N1CCC(C)(C(=O)O)C1. The number of amides is 1. The molecule has 1 heterocycles. The molecule has 14 heavy (non-hydrogen) atoms. The molecule has 4 nitrogen and oxygen atoms in total. The highest BCUT2D eigenvalue weighted by Crippen LogP contribution is 2.30. The van der Waals surface area contributed by atoms with Crippen molar-refractivity contribution in [3.05, 3.63) is 0 Å². The average Bonchev–Trinajstić information content (AvgIpc) is 2.50. The number of hydrogen-bond acceptors (Lipinski definition) is 3.